The summed E-state index contributed by atoms with van der Waals surface area (Å²) in [6.45, 7) is 3.92. The van der Waals surface area contributed by atoms with E-state index in [1.54, 1.807) is 0 Å². The van der Waals surface area contributed by atoms with Crippen LogP contribution in [0.25, 0.3) is 0 Å². The molecule has 0 amide bonds. The maximum atomic E-state index is 9.83. The molecule has 17 heavy (non-hydrogen) atoms. The van der Waals surface area contributed by atoms with Gasteiger partial charge in [0.15, 0.2) is 0 Å². The number of nitrogen functional groups attached to an aromatic ring is 1. The molecular formula is C12H19N3O2. The van der Waals surface area contributed by atoms with Gasteiger partial charge in [-0.3, -0.25) is 4.79 Å². The van der Waals surface area contributed by atoms with Crippen LogP contribution in [-0.4, -0.2) is 25.8 Å². The fourth-order valence-corrected chi connectivity index (χ4v) is 1.21. The van der Waals surface area contributed by atoms with Crippen LogP contribution in [0.3, 0.4) is 0 Å². The standard InChI is InChI=1S/C9H12N2.C3H7NO2/c1-6-3-7(2)9(11)8(4-6)5-10;1-6-3(5)2-4/h3-5,10H,11H2,1-2H3;2,4H2,1H3. The van der Waals surface area contributed by atoms with Crippen molar-refractivity contribution in [2.75, 3.05) is 19.4 Å². The highest BCUT2D eigenvalue weighted by molar-refractivity contribution is 5.86. The zero-order valence-corrected chi connectivity index (χ0v) is 10.4. The van der Waals surface area contributed by atoms with Crippen molar-refractivity contribution in [2.24, 2.45) is 5.73 Å². The number of nitrogens with one attached hydrogen (secondary N) is 1. The second-order valence-corrected chi connectivity index (χ2v) is 3.51. The molecule has 5 heteroatoms. The molecule has 0 aromatic heterocycles. The molecule has 0 aliphatic heterocycles. The quantitative estimate of drug-likeness (QED) is 0.405. The third-order valence-electron chi connectivity index (χ3n) is 2.11. The summed E-state index contributed by atoms with van der Waals surface area (Å²) in [4.78, 5) is 9.83. The number of hydrogen-bond acceptors (Lipinski definition) is 5. The van der Waals surface area contributed by atoms with E-state index < -0.39 is 0 Å². The normalized spacial score (nSPS) is 8.94. The average molecular weight is 237 g/mol. The van der Waals surface area contributed by atoms with Gasteiger partial charge in [-0.25, -0.2) is 0 Å². The number of carbonyl (C=O) groups is 1. The molecule has 0 saturated carbocycles. The topological polar surface area (TPSA) is 102 Å². The molecule has 1 rings (SSSR count). The number of rotatable bonds is 2. The Balaban J connectivity index is 0.000000366. The molecule has 5 N–H and O–H groups in total. The third-order valence-corrected chi connectivity index (χ3v) is 2.11. The Morgan fingerprint density at radius 1 is 1.47 bits per heavy atom. The van der Waals surface area contributed by atoms with E-state index in [9.17, 15) is 4.79 Å². The lowest BCUT2D eigenvalue weighted by Crippen LogP contribution is -2.14. The number of esters is 1. The van der Waals surface area contributed by atoms with Crippen molar-refractivity contribution in [3.05, 3.63) is 28.8 Å². The first kappa shape index (κ1) is 15.1. The van der Waals surface area contributed by atoms with Gasteiger partial charge in [-0.15, -0.1) is 0 Å². The summed E-state index contributed by atoms with van der Waals surface area (Å²) in [5.41, 5.74) is 14.2. The molecule has 0 aliphatic carbocycles. The van der Waals surface area contributed by atoms with Gasteiger partial charge in [0.25, 0.3) is 0 Å². The van der Waals surface area contributed by atoms with E-state index in [4.69, 9.17) is 16.9 Å². The van der Waals surface area contributed by atoms with Gasteiger partial charge in [0.1, 0.15) is 0 Å². The zero-order valence-electron chi connectivity index (χ0n) is 10.4. The number of aryl methyl sites for hydroxylation is 2. The smallest absolute Gasteiger partial charge is 0.319 e. The zero-order chi connectivity index (χ0) is 13.4. The van der Waals surface area contributed by atoms with Crippen LogP contribution in [0.1, 0.15) is 16.7 Å². The lowest BCUT2D eigenvalue weighted by atomic mass is 10.1. The number of carbonyl (C=O) groups excluding carboxylic acids is 1. The van der Waals surface area contributed by atoms with Crippen molar-refractivity contribution in [2.45, 2.75) is 13.8 Å². The summed E-state index contributed by atoms with van der Waals surface area (Å²) >= 11 is 0. The first-order chi connectivity index (χ1) is 7.96. The van der Waals surface area contributed by atoms with Crippen molar-refractivity contribution in [3.63, 3.8) is 0 Å². The van der Waals surface area contributed by atoms with Gasteiger partial charge in [0.05, 0.1) is 13.7 Å². The van der Waals surface area contributed by atoms with Crippen LogP contribution < -0.4 is 11.5 Å². The Labute approximate surface area is 101 Å². The number of methoxy groups -OCH3 is 1. The van der Waals surface area contributed by atoms with Gasteiger partial charge in [-0.2, -0.15) is 0 Å². The maximum absolute atomic E-state index is 9.83. The highest BCUT2D eigenvalue weighted by Gasteiger charge is 1.99. The van der Waals surface area contributed by atoms with Crippen molar-refractivity contribution >= 4 is 17.9 Å². The predicted octanol–water partition coefficient (Wildman–Crippen LogP) is 1.00. The molecule has 94 valence electrons. The minimum Gasteiger partial charge on any atom is -0.468 e. The van der Waals surface area contributed by atoms with Crippen molar-refractivity contribution in [3.8, 4) is 0 Å². The molecule has 0 heterocycles. The molecule has 0 radical (unpaired) electrons. The average Bonchev–Trinajstić information content (AvgIpc) is 2.33. The summed E-state index contributed by atoms with van der Waals surface area (Å²) in [5.74, 6) is -0.380. The monoisotopic (exact) mass is 237 g/mol. The second kappa shape index (κ2) is 7.40. The molecular weight excluding hydrogens is 218 g/mol. The number of nitrogens with two attached hydrogens (primary N) is 2. The third kappa shape index (κ3) is 5.12. The van der Waals surface area contributed by atoms with E-state index in [1.165, 1.54) is 13.3 Å². The summed E-state index contributed by atoms with van der Waals surface area (Å²) in [6.07, 6.45) is 1.29. The lowest BCUT2D eigenvalue weighted by molar-refractivity contribution is -0.138. The Bertz CT molecular complexity index is 397. The van der Waals surface area contributed by atoms with Crippen LogP contribution in [-0.2, 0) is 9.53 Å². The highest BCUT2D eigenvalue weighted by Crippen LogP contribution is 2.16. The highest BCUT2D eigenvalue weighted by atomic mass is 16.5. The van der Waals surface area contributed by atoms with Gasteiger partial charge < -0.3 is 21.6 Å². The molecule has 0 fully saturated rings. The lowest BCUT2D eigenvalue weighted by Gasteiger charge is -2.04. The molecule has 5 nitrogen and oxygen atoms in total. The Hall–Kier alpha value is -1.88. The molecule has 0 atom stereocenters. The summed E-state index contributed by atoms with van der Waals surface area (Å²) in [7, 11) is 1.30. The van der Waals surface area contributed by atoms with Gasteiger partial charge in [-0.05, 0) is 25.5 Å². The molecule has 0 aliphatic rings. The fourth-order valence-electron chi connectivity index (χ4n) is 1.21. The summed E-state index contributed by atoms with van der Waals surface area (Å²) < 4.78 is 4.14. The Morgan fingerprint density at radius 2 is 2.06 bits per heavy atom. The van der Waals surface area contributed by atoms with E-state index in [2.05, 4.69) is 4.74 Å². The molecule has 1 aromatic carbocycles. The van der Waals surface area contributed by atoms with E-state index in [-0.39, 0.29) is 12.5 Å². The molecule has 0 saturated heterocycles. The molecule has 1 aromatic rings. The Kier molecular flexibility index (Phi) is 6.58. The second-order valence-electron chi connectivity index (χ2n) is 3.51. The first-order valence-electron chi connectivity index (χ1n) is 5.10. The van der Waals surface area contributed by atoms with Crippen LogP contribution in [0.5, 0.6) is 0 Å². The number of ether oxygens (including phenoxy) is 1. The van der Waals surface area contributed by atoms with Crippen LogP contribution >= 0.6 is 0 Å². The Morgan fingerprint density at radius 3 is 2.41 bits per heavy atom. The van der Waals surface area contributed by atoms with Gasteiger partial charge in [0.2, 0.25) is 0 Å². The van der Waals surface area contributed by atoms with Gasteiger partial charge in [0, 0.05) is 17.5 Å². The molecule has 0 spiro atoms. The number of benzene rings is 1. The van der Waals surface area contributed by atoms with Crippen LogP contribution in [0.4, 0.5) is 5.69 Å². The predicted molar refractivity (Wildman–Crippen MR) is 69.3 cm³/mol. The largest absolute Gasteiger partial charge is 0.468 e. The van der Waals surface area contributed by atoms with Crippen molar-refractivity contribution in [1.82, 2.24) is 0 Å². The van der Waals surface area contributed by atoms with E-state index in [1.807, 2.05) is 26.0 Å². The van der Waals surface area contributed by atoms with Crippen LogP contribution in [0.2, 0.25) is 0 Å². The van der Waals surface area contributed by atoms with E-state index >= 15 is 0 Å². The van der Waals surface area contributed by atoms with Crippen LogP contribution in [0.15, 0.2) is 12.1 Å². The molecule has 0 unspecified atom stereocenters. The number of anilines is 1. The van der Waals surface area contributed by atoms with Crippen molar-refractivity contribution in [1.29, 1.82) is 5.41 Å². The van der Waals surface area contributed by atoms with Gasteiger partial charge >= 0.3 is 5.97 Å². The van der Waals surface area contributed by atoms with E-state index in [0.29, 0.717) is 5.69 Å². The van der Waals surface area contributed by atoms with Crippen molar-refractivity contribution < 1.29 is 9.53 Å². The van der Waals surface area contributed by atoms with Gasteiger partial charge in [-0.1, -0.05) is 11.6 Å². The minimum atomic E-state index is -0.380. The van der Waals surface area contributed by atoms with E-state index in [0.717, 1.165) is 16.7 Å². The number of hydrogen-bond donors (Lipinski definition) is 3. The SMILES string of the molecule is COC(=O)CN.Cc1cc(C)c(N)c(C=N)c1. The summed E-state index contributed by atoms with van der Waals surface area (Å²) in [6, 6.07) is 3.93. The van der Waals surface area contributed by atoms with Crippen LogP contribution in [0, 0.1) is 19.3 Å². The summed E-state index contributed by atoms with van der Waals surface area (Å²) in [5, 5.41) is 7.07. The fraction of sp³-hybridized carbons (Fsp3) is 0.333. The first-order valence-corrected chi connectivity index (χ1v) is 5.10. The maximum Gasteiger partial charge on any atom is 0.319 e. The molecule has 0 bridgehead atoms. The minimum absolute atomic E-state index is 0.0312.